The zero-order valence-electron chi connectivity index (χ0n) is 14.1. The Kier molecular flexibility index (Phi) is 8.97. The summed E-state index contributed by atoms with van der Waals surface area (Å²) in [5.74, 6) is -2.98. The summed E-state index contributed by atoms with van der Waals surface area (Å²) in [5, 5.41) is 2.57. The van der Waals surface area contributed by atoms with Gasteiger partial charge in [-0.1, -0.05) is 51.5 Å². The van der Waals surface area contributed by atoms with Crippen molar-refractivity contribution in [3.8, 4) is 0 Å². The largest absolute Gasteiger partial charge is 0.368 e. The Morgan fingerprint density at radius 2 is 1.75 bits per heavy atom. The summed E-state index contributed by atoms with van der Waals surface area (Å²) >= 11 is 0. The molecule has 0 aromatic heterocycles. The van der Waals surface area contributed by atoms with E-state index < -0.39 is 29.5 Å². The molecule has 0 aliphatic carbocycles. The fourth-order valence-electron chi connectivity index (χ4n) is 2.49. The number of benzene rings is 1. The van der Waals surface area contributed by atoms with E-state index in [0.717, 1.165) is 31.4 Å². The van der Waals surface area contributed by atoms with Crippen molar-refractivity contribution in [3.63, 3.8) is 0 Å². The monoisotopic (exact) mass is 340 g/mol. The SMILES string of the molecule is CCCCCCCC[C@H](NC(=O)Cc1ccc(F)c(F)c1)C(N)=O. The molecule has 1 aromatic rings. The molecule has 0 radical (unpaired) electrons. The van der Waals surface area contributed by atoms with Crippen LogP contribution in [0.25, 0.3) is 0 Å². The van der Waals surface area contributed by atoms with Gasteiger partial charge in [-0.25, -0.2) is 8.78 Å². The van der Waals surface area contributed by atoms with Crippen LogP contribution in [0.15, 0.2) is 18.2 Å². The molecule has 0 fully saturated rings. The molecule has 24 heavy (non-hydrogen) atoms. The highest BCUT2D eigenvalue weighted by molar-refractivity contribution is 5.87. The van der Waals surface area contributed by atoms with Crippen LogP contribution < -0.4 is 11.1 Å². The predicted octanol–water partition coefficient (Wildman–Crippen LogP) is 3.23. The lowest BCUT2D eigenvalue weighted by Crippen LogP contribution is -2.45. The molecule has 0 heterocycles. The van der Waals surface area contributed by atoms with Gasteiger partial charge in [0.15, 0.2) is 11.6 Å². The third-order valence-corrected chi connectivity index (χ3v) is 3.87. The minimum absolute atomic E-state index is 0.127. The van der Waals surface area contributed by atoms with Crippen LogP contribution in [0.4, 0.5) is 8.78 Å². The van der Waals surface area contributed by atoms with Gasteiger partial charge in [0.05, 0.1) is 6.42 Å². The molecule has 0 saturated heterocycles. The van der Waals surface area contributed by atoms with E-state index in [9.17, 15) is 18.4 Å². The standard InChI is InChI=1S/C18H26F2N2O2/c1-2-3-4-5-6-7-8-16(18(21)24)22-17(23)12-13-9-10-14(19)15(20)11-13/h9-11,16H,2-8,12H2,1H3,(H2,21,24)(H,22,23)/t16-/m0/s1. The molecule has 0 unspecified atom stereocenters. The fraction of sp³-hybridized carbons (Fsp3) is 0.556. The number of primary amides is 1. The van der Waals surface area contributed by atoms with Gasteiger partial charge in [0, 0.05) is 0 Å². The van der Waals surface area contributed by atoms with Crippen molar-refractivity contribution in [2.45, 2.75) is 64.3 Å². The van der Waals surface area contributed by atoms with Crippen LogP contribution in [-0.4, -0.2) is 17.9 Å². The third-order valence-electron chi connectivity index (χ3n) is 3.87. The van der Waals surface area contributed by atoms with E-state index >= 15 is 0 Å². The molecule has 0 saturated carbocycles. The topological polar surface area (TPSA) is 72.2 Å². The van der Waals surface area contributed by atoms with Gasteiger partial charge in [-0.3, -0.25) is 9.59 Å². The Labute approximate surface area is 141 Å². The van der Waals surface area contributed by atoms with Crippen molar-refractivity contribution in [1.29, 1.82) is 0 Å². The van der Waals surface area contributed by atoms with Gasteiger partial charge < -0.3 is 11.1 Å². The first-order valence-corrected chi connectivity index (χ1v) is 8.46. The summed E-state index contributed by atoms with van der Waals surface area (Å²) in [6, 6.07) is 2.56. The minimum atomic E-state index is -1.00. The number of nitrogens with one attached hydrogen (secondary N) is 1. The molecule has 0 aliphatic rings. The quantitative estimate of drug-likeness (QED) is 0.607. The Balaban J connectivity index is 2.41. The molecule has 0 bridgehead atoms. The number of hydrogen-bond donors (Lipinski definition) is 2. The molecule has 1 aromatic carbocycles. The lowest BCUT2D eigenvalue weighted by atomic mass is 10.0. The van der Waals surface area contributed by atoms with Gasteiger partial charge in [0.1, 0.15) is 6.04 Å². The van der Waals surface area contributed by atoms with E-state index in [4.69, 9.17) is 5.73 Å². The molecular formula is C18H26F2N2O2. The zero-order valence-corrected chi connectivity index (χ0v) is 14.1. The third kappa shape index (κ3) is 7.53. The van der Waals surface area contributed by atoms with Crippen molar-refractivity contribution in [1.82, 2.24) is 5.32 Å². The number of nitrogens with two attached hydrogens (primary N) is 1. The number of unbranched alkanes of at least 4 members (excludes halogenated alkanes) is 5. The number of carbonyl (C=O) groups is 2. The number of rotatable bonds is 11. The van der Waals surface area contributed by atoms with Crippen molar-refractivity contribution < 1.29 is 18.4 Å². The summed E-state index contributed by atoms with van der Waals surface area (Å²) in [6.07, 6.45) is 6.80. The van der Waals surface area contributed by atoms with E-state index in [-0.39, 0.29) is 6.42 Å². The maximum absolute atomic E-state index is 13.1. The number of hydrogen-bond acceptors (Lipinski definition) is 2. The van der Waals surface area contributed by atoms with Crippen molar-refractivity contribution >= 4 is 11.8 Å². The summed E-state index contributed by atoms with van der Waals surface area (Å²) < 4.78 is 26.0. The van der Waals surface area contributed by atoms with E-state index in [0.29, 0.717) is 12.0 Å². The molecule has 3 N–H and O–H groups in total. The maximum Gasteiger partial charge on any atom is 0.239 e. The van der Waals surface area contributed by atoms with Gasteiger partial charge >= 0.3 is 0 Å². The predicted molar refractivity (Wildman–Crippen MR) is 89.2 cm³/mol. The van der Waals surface area contributed by atoms with Crippen molar-refractivity contribution in [2.24, 2.45) is 5.73 Å². The van der Waals surface area contributed by atoms with Gasteiger partial charge in [-0.2, -0.15) is 0 Å². The van der Waals surface area contributed by atoms with Crippen LogP contribution >= 0.6 is 0 Å². The van der Waals surface area contributed by atoms with Crippen molar-refractivity contribution in [2.75, 3.05) is 0 Å². The Hall–Kier alpha value is -1.98. The average molecular weight is 340 g/mol. The van der Waals surface area contributed by atoms with Crippen LogP contribution in [0.1, 0.15) is 57.4 Å². The summed E-state index contributed by atoms with van der Waals surface area (Å²) in [6.45, 7) is 2.14. The van der Waals surface area contributed by atoms with Crippen LogP contribution in [0.2, 0.25) is 0 Å². The summed E-state index contributed by atoms with van der Waals surface area (Å²) in [7, 11) is 0. The fourth-order valence-corrected chi connectivity index (χ4v) is 2.49. The highest BCUT2D eigenvalue weighted by Gasteiger charge is 2.18. The molecular weight excluding hydrogens is 314 g/mol. The first-order valence-electron chi connectivity index (χ1n) is 8.46. The van der Waals surface area contributed by atoms with Crippen LogP contribution in [0, 0.1) is 11.6 Å². The molecule has 134 valence electrons. The average Bonchev–Trinajstić information content (AvgIpc) is 2.53. The Bertz CT molecular complexity index is 550. The lowest BCUT2D eigenvalue weighted by molar-refractivity contribution is -0.127. The lowest BCUT2D eigenvalue weighted by Gasteiger charge is -2.15. The number of amides is 2. The first kappa shape index (κ1) is 20.1. The second kappa shape index (κ2) is 10.7. The van der Waals surface area contributed by atoms with Crippen LogP contribution in [-0.2, 0) is 16.0 Å². The normalized spacial score (nSPS) is 12.0. The Morgan fingerprint density at radius 3 is 2.38 bits per heavy atom. The van der Waals surface area contributed by atoms with Gasteiger partial charge in [-0.15, -0.1) is 0 Å². The van der Waals surface area contributed by atoms with Gasteiger partial charge in [0.25, 0.3) is 0 Å². The van der Waals surface area contributed by atoms with Crippen LogP contribution in [0.3, 0.4) is 0 Å². The number of halogens is 2. The van der Waals surface area contributed by atoms with Gasteiger partial charge in [0.2, 0.25) is 11.8 Å². The van der Waals surface area contributed by atoms with E-state index in [1.165, 1.54) is 25.3 Å². The smallest absolute Gasteiger partial charge is 0.239 e. The molecule has 1 rings (SSSR count). The number of carbonyl (C=O) groups excluding carboxylic acids is 2. The maximum atomic E-state index is 13.1. The minimum Gasteiger partial charge on any atom is -0.368 e. The van der Waals surface area contributed by atoms with E-state index in [2.05, 4.69) is 12.2 Å². The summed E-state index contributed by atoms with van der Waals surface area (Å²) in [5.41, 5.74) is 5.66. The second-order valence-corrected chi connectivity index (χ2v) is 6.00. The van der Waals surface area contributed by atoms with E-state index in [1.54, 1.807) is 0 Å². The molecule has 1 atom stereocenters. The van der Waals surface area contributed by atoms with Crippen molar-refractivity contribution in [3.05, 3.63) is 35.4 Å². The first-order chi connectivity index (χ1) is 11.4. The second-order valence-electron chi connectivity index (χ2n) is 6.00. The molecule has 0 aliphatic heterocycles. The Morgan fingerprint density at radius 1 is 1.08 bits per heavy atom. The molecule has 2 amide bonds. The van der Waals surface area contributed by atoms with Gasteiger partial charge in [-0.05, 0) is 24.1 Å². The van der Waals surface area contributed by atoms with Crippen LogP contribution in [0.5, 0.6) is 0 Å². The summed E-state index contributed by atoms with van der Waals surface area (Å²) in [4.78, 5) is 23.4. The molecule has 6 heteroatoms. The van der Waals surface area contributed by atoms with E-state index in [1.807, 2.05) is 0 Å². The molecule has 0 spiro atoms. The molecule has 4 nitrogen and oxygen atoms in total. The highest BCUT2D eigenvalue weighted by atomic mass is 19.2. The zero-order chi connectivity index (χ0) is 17.9. The highest BCUT2D eigenvalue weighted by Crippen LogP contribution is 2.11.